The predicted molar refractivity (Wildman–Crippen MR) is 117 cm³/mol. The van der Waals surface area contributed by atoms with Crippen LogP contribution < -0.4 is 4.74 Å². The number of halogens is 1. The molecule has 1 amide bonds. The molecule has 9 heteroatoms. The van der Waals surface area contributed by atoms with Crippen molar-refractivity contribution in [2.45, 2.75) is 6.04 Å². The molecule has 1 atom stereocenters. The van der Waals surface area contributed by atoms with Gasteiger partial charge in [-0.2, -0.15) is 0 Å². The number of hydrogen-bond donors (Lipinski definition) is 2. The summed E-state index contributed by atoms with van der Waals surface area (Å²) in [4.78, 5) is 29.5. The van der Waals surface area contributed by atoms with Gasteiger partial charge in [-0.15, -0.1) is 0 Å². The molecule has 0 bridgehead atoms. The topological polar surface area (TPSA) is 99.5 Å². The molecule has 4 rings (SSSR count). The van der Waals surface area contributed by atoms with Gasteiger partial charge in [0.1, 0.15) is 23.1 Å². The van der Waals surface area contributed by atoms with Crippen molar-refractivity contribution in [3.05, 3.63) is 65.0 Å². The van der Waals surface area contributed by atoms with Crippen molar-refractivity contribution >= 4 is 17.4 Å². The highest BCUT2D eigenvalue weighted by atomic mass is 19.1. The van der Waals surface area contributed by atoms with Gasteiger partial charge in [-0.05, 0) is 29.8 Å². The molecule has 2 aliphatic rings. The molecule has 0 aliphatic carbocycles. The molecule has 8 nitrogen and oxygen atoms in total. The van der Waals surface area contributed by atoms with Gasteiger partial charge in [-0.3, -0.25) is 14.5 Å². The fourth-order valence-corrected chi connectivity index (χ4v) is 4.16. The van der Waals surface area contributed by atoms with Crippen molar-refractivity contribution < 1.29 is 33.7 Å². The molecule has 0 unspecified atom stereocenters. The summed E-state index contributed by atoms with van der Waals surface area (Å²) in [6.07, 6.45) is 0. The zero-order valence-corrected chi connectivity index (χ0v) is 18.2. The minimum absolute atomic E-state index is 0.00547. The number of aliphatic hydroxyl groups excluding tert-OH is 1. The molecule has 2 aromatic rings. The third-order valence-corrected chi connectivity index (χ3v) is 5.95. The van der Waals surface area contributed by atoms with Crippen LogP contribution >= 0.6 is 0 Å². The van der Waals surface area contributed by atoms with Crippen LogP contribution in [0.25, 0.3) is 5.76 Å². The molecular formula is C24H25FN2O6. The van der Waals surface area contributed by atoms with Crippen molar-refractivity contribution in [1.29, 1.82) is 0 Å². The Balaban J connectivity index is 1.75. The molecule has 0 saturated carbocycles. The lowest BCUT2D eigenvalue weighted by molar-refractivity contribution is -0.140. The van der Waals surface area contributed by atoms with Crippen LogP contribution in [0.15, 0.2) is 48.0 Å². The zero-order valence-electron chi connectivity index (χ0n) is 18.2. The van der Waals surface area contributed by atoms with Crippen LogP contribution in [0.4, 0.5) is 4.39 Å². The number of rotatable bonds is 6. The van der Waals surface area contributed by atoms with Crippen molar-refractivity contribution in [3.63, 3.8) is 0 Å². The smallest absolute Gasteiger partial charge is 0.295 e. The van der Waals surface area contributed by atoms with Gasteiger partial charge in [0.25, 0.3) is 11.7 Å². The number of benzene rings is 2. The number of morpholine rings is 1. The van der Waals surface area contributed by atoms with Crippen LogP contribution in [0.2, 0.25) is 0 Å². The third kappa shape index (κ3) is 4.55. The molecule has 2 fully saturated rings. The van der Waals surface area contributed by atoms with Gasteiger partial charge in [0.2, 0.25) is 0 Å². The Kier molecular flexibility index (Phi) is 6.62. The van der Waals surface area contributed by atoms with E-state index in [0.29, 0.717) is 44.2 Å². The number of aliphatic hydroxyl groups is 1. The number of hydrogen-bond acceptors (Lipinski definition) is 7. The average Bonchev–Trinajstić information content (AvgIpc) is 3.08. The first-order valence-corrected chi connectivity index (χ1v) is 10.6. The minimum Gasteiger partial charge on any atom is -0.507 e. The Morgan fingerprint density at radius 1 is 1.12 bits per heavy atom. The molecule has 0 radical (unpaired) electrons. The van der Waals surface area contributed by atoms with Crippen LogP contribution in [0.5, 0.6) is 11.5 Å². The molecule has 2 saturated heterocycles. The average molecular weight is 456 g/mol. The largest absolute Gasteiger partial charge is 0.507 e. The van der Waals surface area contributed by atoms with Crippen LogP contribution in [0.3, 0.4) is 0 Å². The number of aromatic hydroxyl groups is 1. The van der Waals surface area contributed by atoms with Crippen molar-refractivity contribution in [2.24, 2.45) is 0 Å². The van der Waals surface area contributed by atoms with E-state index in [1.807, 2.05) is 0 Å². The van der Waals surface area contributed by atoms with E-state index in [9.17, 15) is 24.2 Å². The lowest BCUT2D eigenvalue weighted by Crippen LogP contribution is -2.42. The number of nitrogens with zero attached hydrogens (tertiary/aromatic N) is 2. The number of phenols is 1. The number of Topliss-reactive ketones (excluding diaryl/α,β-unsaturated/α-hetero) is 1. The standard InChI is InChI=1S/C24H25FN2O6/c1-32-17-6-7-18(19(28)14-17)22(29)20-21(15-2-4-16(25)5-3-15)27(24(31)23(20)30)9-8-26-10-12-33-13-11-26/h2-7,14,21,28-29H,8-13H2,1H3/t21-/m1/s1. The number of phenolic OH excluding ortho intramolecular Hbond substituents is 1. The van der Waals surface area contributed by atoms with Crippen LogP contribution in [-0.2, 0) is 14.3 Å². The Labute approximate surface area is 190 Å². The molecule has 2 aromatic carbocycles. The second-order valence-corrected chi connectivity index (χ2v) is 7.88. The second-order valence-electron chi connectivity index (χ2n) is 7.88. The molecule has 0 spiro atoms. The SMILES string of the molecule is COc1ccc(C(O)=C2C(=O)C(=O)N(CCN3CCOCC3)[C@@H]2c2ccc(F)cc2)c(O)c1. The van der Waals surface area contributed by atoms with E-state index in [1.165, 1.54) is 54.5 Å². The Bertz CT molecular complexity index is 1080. The summed E-state index contributed by atoms with van der Waals surface area (Å²) in [6, 6.07) is 8.75. The maximum atomic E-state index is 13.6. The number of carbonyl (C=O) groups is 2. The van der Waals surface area contributed by atoms with E-state index < -0.39 is 29.3 Å². The Hall–Kier alpha value is -3.43. The van der Waals surface area contributed by atoms with Crippen LogP contribution in [-0.4, -0.2) is 78.2 Å². The molecule has 2 aliphatic heterocycles. The normalized spacial score (nSPS) is 20.9. The third-order valence-electron chi connectivity index (χ3n) is 5.95. The van der Waals surface area contributed by atoms with Gasteiger partial charge in [0.05, 0.1) is 37.5 Å². The van der Waals surface area contributed by atoms with Gasteiger partial charge < -0.3 is 24.6 Å². The highest BCUT2D eigenvalue weighted by Gasteiger charge is 2.46. The van der Waals surface area contributed by atoms with Crippen molar-refractivity contribution in [3.8, 4) is 11.5 Å². The summed E-state index contributed by atoms with van der Waals surface area (Å²) in [7, 11) is 1.43. The summed E-state index contributed by atoms with van der Waals surface area (Å²) in [5.41, 5.74) is 0.315. The molecule has 0 aromatic heterocycles. The van der Waals surface area contributed by atoms with Gasteiger partial charge in [-0.1, -0.05) is 12.1 Å². The summed E-state index contributed by atoms with van der Waals surface area (Å²) >= 11 is 0. The molecule has 2 heterocycles. The summed E-state index contributed by atoms with van der Waals surface area (Å²) in [5, 5.41) is 21.4. The monoisotopic (exact) mass is 456 g/mol. The second kappa shape index (κ2) is 9.60. The van der Waals surface area contributed by atoms with Crippen molar-refractivity contribution in [2.75, 3.05) is 46.5 Å². The number of ether oxygens (including phenoxy) is 2. The van der Waals surface area contributed by atoms with Gasteiger partial charge in [0, 0.05) is 32.2 Å². The molecule has 33 heavy (non-hydrogen) atoms. The zero-order chi connectivity index (χ0) is 23.5. The maximum Gasteiger partial charge on any atom is 0.295 e. The quantitative estimate of drug-likeness (QED) is 0.391. The first-order chi connectivity index (χ1) is 15.9. The van der Waals surface area contributed by atoms with Gasteiger partial charge >= 0.3 is 0 Å². The maximum absolute atomic E-state index is 13.6. The van der Waals surface area contributed by atoms with Gasteiger partial charge in [0.15, 0.2) is 0 Å². The summed E-state index contributed by atoms with van der Waals surface area (Å²) in [6.45, 7) is 3.36. The van der Waals surface area contributed by atoms with E-state index in [2.05, 4.69) is 4.90 Å². The van der Waals surface area contributed by atoms with Crippen LogP contribution in [0.1, 0.15) is 17.2 Å². The van der Waals surface area contributed by atoms with E-state index in [0.717, 1.165) is 0 Å². The summed E-state index contributed by atoms with van der Waals surface area (Å²) < 4.78 is 24.0. The lowest BCUT2D eigenvalue weighted by Gasteiger charge is -2.31. The van der Waals surface area contributed by atoms with Crippen LogP contribution in [0, 0.1) is 5.82 Å². The molecule has 174 valence electrons. The number of likely N-dealkylation sites (tertiary alicyclic amines) is 1. The van der Waals surface area contributed by atoms with E-state index in [1.54, 1.807) is 0 Å². The van der Waals surface area contributed by atoms with E-state index in [4.69, 9.17) is 9.47 Å². The van der Waals surface area contributed by atoms with Crippen molar-refractivity contribution in [1.82, 2.24) is 9.80 Å². The fourth-order valence-electron chi connectivity index (χ4n) is 4.16. The number of amides is 1. The fraction of sp³-hybridized carbons (Fsp3) is 0.333. The Morgan fingerprint density at radius 2 is 1.82 bits per heavy atom. The first kappa shape index (κ1) is 22.8. The first-order valence-electron chi connectivity index (χ1n) is 10.6. The van der Waals surface area contributed by atoms with E-state index in [-0.39, 0.29) is 23.4 Å². The lowest BCUT2D eigenvalue weighted by atomic mass is 9.95. The predicted octanol–water partition coefficient (Wildman–Crippen LogP) is 2.29. The highest BCUT2D eigenvalue weighted by molar-refractivity contribution is 6.46. The Morgan fingerprint density at radius 3 is 2.45 bits per heavy atom. The minimum atomic E-state index is -0.923. The number of ketones is 1. The number of carbonyl (C=O) groups excluding carboxylic acids is 2. The molecule has 2 N–H and O–H groups in total. The van der Waals surface area contributed by atoms with Gasteiger partial charge in [-0.25, -0.2) is 4.39 Å². The van der Waals surface area contributed by atoms with E-state index >= 15 is 0 Å². The highest BCUT2D eigenvalue weighted by Crippen LogP contribution is 2.41. The number of methoxy groups -OCH3 is 1. The molecular weight excluding hydrogens is 431 g/mol. The summed E-state index contributed by atoms with van der Waals surface area (Å²) in [5.74, 6) is -2.52.